The van der Waals surface area contributed by atoms with Crippen molar-refractivity contribution in [2.45, 2.75) is 25.8 Å². The second-order valence-corrected chi connectivity index (χ2v) is 4.88. The highest BCUT2D eigenvalue weighted by atomic mass is 19.1. The fourth-order valence-electron chi connectivity index (χ4n) is 2.07. The van der Waals surface area contributed by atoms with E-state index in [0.717, 1.165) is 0 Å². The molecule has 1 unspecified atom stereocenters. The van der Waals surface area contributed by atoms with Crippen LogP contribution in [0.15, 0.2) is 23.8 Å². The maximum absolute atomic E-state index is 13.2. The highest BCUT2D eigenvalue weighted by Crippen LogP contribution is 2.26. The summed E-state index contributed by atoms with van der Waals surface area (Å²) in [6, 6.07) is 4.20. The molecule has 0 spiro atoms. The quantitative estimate of drug-likeness (QED) is 0.865. The summed E-state index contributed by atoms with van der Waals surface area (Å²) in [6.07, 6.45) is 3.00. The molecule has 108 valence electrons. The average molecular weight is 279 g/mol. The average Bonchev–Trinajstić information content (AvgIpc) is 2.44. The molecule has 0 aliphatic carbocycles. The Balaban J connectivity index is 2.04. The Morgan fingerprint density at radius 1 is 1.55 bits per heavy atom. The molecule has 20 heavy (non-hydrogen) atoms. The van der Waals surface area contributed by atoms with Crippen LogP contribution >= 0.6 is 0 Å². The van der Waals surface area contributed by atoms with Gasteiger partial charge in [-0.3, -0.25) is 4.79 Å². The van der Waals surface area contributed by atoms with Crippen LogP contribution in [-0.4, -0.2) is 30.3 Å². The van der Waals surface area contributed by atoms with Crippen LogP contribution in [0.25, 0.3) is 6.08 Å². The highest BCUT2D eigenvalue weighted by molar-refractivity contribution is 5.99. The number of halogens is 1. The SMILES string of the molecule is CC(CCCO)NC(=O)C1=Cc2cc(F)ccc2OC1. The van der Waals surface area contributed by atoms with Crippen molar-refractivity contribution in [1.29, 1.82) is 0 Å². The molecular formula is C15H18FNO3. The number of amides is 1. The molecule has 2 rings (SSSR count). The lowest BCUT2D eigenvalue weighted by Crippen LogP contribution is -2.35. The Kier molecular flexibility index (Phi) is 4.74. The van der Waals surface area contributed by atoms with Crippen LogP contribution in [0.2, 0.25) is 0 Å². The standard InChI is InChI=1S/C15H18FNO3/c1-10(3-2-6-18)17-15(19)12-7-11-8-13(16)4-5-14(11)20-9-12/h4-5,7-8,10,18H,2-3,6,9H2,1H3,(H,17,19). The first kappa shape index (κ1) is 14.5. The van der Waals surface area contributed by atoms with Crippen molar-refractivity contribution in [3.05, 3.63) is 35.2 Å². The van der Waals surface area contributed by atoms with Crippen molar-refractivity contribution >= 4 is 12.0 Å². The minimum atomic E-state index is -0.360. The van der Waals surface area contributed by atoms with Crippen LogP contribution in [0.5, 0.6) is 5.75 Å². The fourth-order valence-corrected chi connectivity index (χ4v) is 2.07. The number of carbonyl (C=O) groups is 1. The Bertz CT molecular complexity index is 528. The van der Waals surface area contributed by atoms with Crippen molar-refractivity contribution in [3.63, 3.8) is 0 Å². The Morgan fingerprint density at radius 2 is 2.35 bits per heavy atom. The van der Waals surface area contributed by atoms with Gasteiger partial charge in [0.05, 0.1) is 5.57 Å². The zero-order valence-electron chi connectivity index (χ0n) is 11.4. The Labute approximate surface area is 117 Å². The largest absolute Gasteiger partial charge is 0.488 e. The minimum Gasteiger partial charge on any atom is -0.488 e. The van der Waals surface area contributed by atoms with Gasteiger partial charge in [-0.05, 0) is 44.0 Å². The molecule has 1 aliphatic rings. The van der Waals surface area contributed by atoms with Crippen LogP contribution in [-0.2, 0) is 4.79 Å². The lowest BCUT2D eigenvalue weighted by molar-refractivity contribution is -0.118. The van der Waals surface area contributed by atoms with E-state index in [9.17, 15) is 9.18 Å². The third kappa shape index (κ3) is 3.57. The van der Waals surface area contributed by atoms with Gasteiger partial charge in [-0.15, -0.1) is 0 Å². The van der Waals surface area contributed by atoms with Crippen LogP contribution in [0, 0.1) is 5.82 Å². The highest BCUT2D eigenvalue weighted by Gasteiger charge is 2.18. The van der Waals surface area contributed by atoms with E-state index in [1.807, 2.05) is 6.92 Å². The summed E-state index contributed by atoms with van der Waals surface area (Å²) in [5, 5.41) is 11.6. The van der Waals surface area contributed by atoms with Crippen LogP contribution in [0.3, 0.4) is 0 Å². The van der Waals surface area contributed by atoms with Gasteiger partial charge in [0.15, 0.2) is 0 Å². The predicted molar refractivity (Wildman–Crippen MR) is 73.8 cm³/mol. The Morgan fingerprint density at radius 3 is 3.10 bits per heavy atom. The summed E-state index contributed by atoms with van der Waals surface area (Å²) in [7, 11) is 0. The lowest BCUT2D eigenvalue weighted by atomic mass is 10.1. The number of carbonyl (C=O) groups excluding carboxylic acids is 1. The molecule has 0 fully saturated rings. The summed E-state index contributed by atoms with van der Waals surface area (Å²) < 4.78 is 18.6. The first-order chi connectivity index (χ1) is 9.60. The minimum absolute atomic E-state index is 0.0237. The molecular weight excluding hydrogens is 261 g/mol. The number of ether oxygens (including phenoxy) is 1. The summed E-state index contributed by atoms with van der Waals surface area (Å²) in [6.45, 7) is 2.17. The number of nitrogens with one attached hydrogen (secondary N) is 1. The fraction of sp³-hybridized carbons (Fsp3) is 0.400. The molecule has 5 heteroatoms. The van der Waals surface area contributed by atoms with Gasteiger partial charge in [0.25, 0.3) is 5.91 Å². The molecule has 1 amide bonds. The summed E-state index contributed by atoms with van der Waals surface area (Å²) in [4.78, 5) is 12.1. The van der Waals surface area contributed by atoms with Gasteiger partial charge in [-0.1, -0.05) is 0 Å². The molecule has 0 bridgehead atoms. The molecule has 0 radical (unpaired) electrons. The van der Waals surface area contributed by atoms with E-state index in [1.54, 1.807) is 12.1 Å². The van der Waals surface area contributed by atoms with Crippen molar-refractivity contribution in [3.8, 4) is 5.75 Å². The van der Waals surface area contributed by atoms with Crippen molar-refractivity contribution in [1.82, 2.24) is 5.32 Å². The van der Waals surface area contributed by atoms with Gasteiger partial charge in [-0.2, -0.15) is 0 Å². The number of hydrogen-bond donors (Lipinski definition) is 2. The normalized spacial score (nSPS) is 14.8. The van der Waals surface area contributed by atoms with Gasteiger partial charge < -0.3 is 15.2 Å². The molecule has 4 nitrogen and oxygen atoms in total. The molecule has 1 aromatic carbocycles. The van der Waals surface area contributed by atoms with Gasteiger partial charge in [0.1, 0.15) is 18.2 Å². The maximum atomic E-state index is 13.2. The number of aliphatic hydroxyl groups is 1. The van der Waals surface area contributed by atoms with E-state index in [-0.39, 0.29) is 31.0 Å². The van der Waals surface area contributed by atoms with Crippen molar-refractivity contribution < 1.29 is 19.0 Å². The van der Waals surface area contributed by atoms with Crippen molar-refractivity contribution in [2.24, 2.45) is 0 Å². The molecule has 2 N–H and O–H groups in total. The number of benzene rings is 1. The molecule has 1 aromatic rings. The monoisotopic (exact) mass is 279 g/mol. The second-order valence-electron chi connectivity index (χ2n) is 4.88. The van der Waals surface area contributed by atoms with Gasteiger partial charge in [0.2, 0.25) is 0 Å². The van der Waals surface area contributed by atoms with Crippen molar-refractivity contribution in [2.75, 3.05) is 13.2 Å². The molecule has 0 aromatic heterocycles. The van der Waals surface area contributed by atoms with Crippen LogP contribution in [0.4, 0.5) is 4.39 Å². The van der Waals surface area contributed by atoms with E-state index in [2.05, 4.69) is 5.32 Å². The number of hydrogen-bond acceptors (Lipinski definition) is 3. The molecule has 0 saturated carbocycles. The van der Waals surface area contributed by atoms with Gasteiger partial charge in [0, 0.05) is 18.2 Å². The molecule has 1 atom stereocenters. The summed E-state index contributed by atoms with van der Waals surface area (Å²) in [5.74, 6) is 0.00296. The van der Waals surface area contributed by atoms with E-state index in [1.165, 1.54) is 12.1 Å². The number of aliphatic hydroxyl groups excluding tert-OH is 1. The third-order valence-electron chi connectivity index (χ3n) is 3.15. The first-order valence-corrected chi connectivity index (χ1v) is 6.65. The van der Waals surface area contributed by atoms with E-state index < -0.39 is 0 Å². The summed E-state index contributed by atoms with van der Waals surface area (Å²) in [5.41, 5.74) is 1.04. The first-order valence-electron chi connectivity index (χ1n) is 6.65. The Hall–Kier alpha value is -1.88. The molecule has 1 heterocycles. The predicted octanol–water partition coefficient (Wildman–Crippen LogP) is 1.88. The second kappa shape index (κ2) is 6.52. The topological polar surface area (TPSA) is 58.6 Å². The zero-order valence-corrected chi connectivity index (χ0v) is 11.4. The lowest BCUT2D eigenvalue weighted by Gasteiger charge is -2.19. The number of fused-ring (bicyclic) bond motifs is 1. The smallest absolute Gasteiger partial charge is 0.250 e. The third-order valence-corrected chi connectivity index (χ3v) is 3.15. The van der Waals surface area contributed by atoms with Gasteiger partial charge in [-0.25, -0.2) is 4.39 Å². The molecule has 1 aliphatic heterocycles. The van der Waals surface area contributed by atoms with Crippen LogP contribution < -0.4 is 10.1 Å². The number of rotatable bonds is 5. The van der Waals surface area contributed by atoms with Gasteiger partial charge >= 0.3 is 0 Å². The van der Waals surface area contributed by atoms with Crippen LogP contribution in [0.1, 0.15) is 25.3 Å². The van der Waals surface area contributed by atoms with E-state index in [0.29, 0.717) is 29.7 Å². The summed E-state index contributed by atoms with van der Waals surface area (Å²) >= 11 is 0. The maximum Gasteiger partial charge on any atom is 0.250 e. The zero-order chi connectivity index (χ0) is 14.5. The van der Waals surface area contributed by atoms with E-state index >= 15 is 0 Å². The van der Waals surface area contributed by atoms with E-state index in [4.69, 9.17) is 9.84 Å². The molecule has 0 saturated heterocycles.